The lowest BCUT2D eigenvalue weighted by atomic mass is 10.2. The highest BCUT2D eigenvalue weighted by molar-refractivity contribution is 7.09. The van der Waals surface area contributed by atoms with Crippen LogP contribution >= 0.6 is 11.3 Å². The Morgan fingerprint density at radius 1 is 1.15 bits per heavy atom. The minimum atomic E-state index is 0.643. The van der Waals surface area contributed by atoms with E-state index in [9.17, 15) is 0 Å². The Balaban J connectivity index is 1.65. The van der Waals surface area contributed by atoms with Gasteiger partial charge in [-0.15, -0.1) is 11.3 Å². The van der Waals surface area contributed by atoms with Crippen molar-refractivity contribution in [1.82, 2.24) is 5.32 Å². The zero-order valence-corrected chi connectivity index (χ0v) is 12.8. The second kappa shape index (κ2) is 7.92. The smallest absolute Gasteiger partial charge is 0.161 e. The van der Waals surface area contributed by atoms with Crippen LogP contribution in [0.3, 0.4) is 0 Å². The summed E-state index contributed by atoms with van der Waals surface area (Å²) in [7, 11) is 1.67. The van der Waals surface area contributed by atoms with Crippen LogP contribution in [0.5, 0.6) is 11.5 Å². The zero-order valence-electron chi connectivity index (χ0n) is 12.0. The van der Waals surface area contributed by atoms with Gasteiger partial charge in [0, 0.05) is 18.0 Å². The second-order valence-electron chi connectivity index (χ2n) is 4.58. The maximum absolute atomic E-state index is 5.74. The van der Waals surface area contributed by atoms with Gasteiger partial charge in [-0.2, -0.15) is 0 Å². The predicted molar refractivity (Wildman–Crippen MR) is 84.1 cm³/mol. The van der Waals surface area contributed by atoms with Gasteiger partial charge in [-0.25, -0.2) is 0 Å². The van der Waals surface area contributed by atoms with Crippen molar-refractivity contribution in [3.8, 4) is 11.5 Å². The van der Waals surface area contributed by atoms with E-state index in [4.69, 9.17) is 9.47 Å². The van der Waals surface area contributed by atoms with Crippen LogP contribution in [0, 0.1) is 6.92 Å². The summed E-state index contributed by atoms with van der Waals surface area (Å²) in [6, 6.07) is 10.2. The molecule has 0 amide bonds. The van der Waals surface area contributed by atoms with Crippen LogP contribution in [0.2, 0.25) is 0 Å². The van der Waals surface area contributed by atoms with Crippen molar-refractivity contribution < 1.29 is 9.47 Å². The molecule has 0 aliphatic rings. The number of thiophene rings is 1. The molecule has 1 N–H and O–H groups in total. The van der Waals surface area contributed by atoms with E-state index in [1.807, 2.05) is 25.1 Å². The maximum atomic E-state index is 5.74. The van der Waals surface area contributed by atoms with Gasteiger partial charge in [0.2, 0.25) is 0 Å². The SMILES string of the molecule is COc1cc(C)ccc1OCCNCCc1cccs1. The van der Waals surface area contributed by atoms with Crippen molar-refractivity contribution in [2.45, 2.75) is 13.3 Å². The molecule has 0 fully saturated rings. The molecular weight excluding hydrogens is 270 g/mol. The summed E-state index contributed by atoms with van der Waals surface area (Å²) in [6.07, 6.45) is 1.07. The Labute approximate surface area is 124 Å². The van der Waals surface area contributed by atoms with Crippen LogP contribution in [0.4, 0.5) is 0 Å². The molecule has 2 rings (SSSR count). The number of hydrogen-bond donors (Lipinski definition) is 1. The van der Waals surface area contributed by atoms with Gasteiger partial charge in [0.25, 0.3) is 0 Å². The van der Waals surface area contributed by atoms with Gasteiger partial charge < -0.3 is 14.8 Å². The highest BCUT2D eigenvalue weighted by Gasteiger charge is 2.03. The molecule has 1 aromatic heterocycles. The quantitative estimate of drug-likeness (QED) is 0.757. The van der Waals surface area contributed by atoms with Gasteiger partial charge in [-0.05, 0) is 42.5 Å². The summed E-state index contributed by atoms with van der Waals surface area (Å²) in [5.74, 6) is 1.60. The van der Waals surface area contributed by atoms with E-state index in [-0.39, 0.29) is 0 Å². The van der Waals surface area contributed by atoms with Crippen molar-refractivity contribution in [2.24, 2.45) is 0 Å². The van der Waals surface area contributed by atoms with Gasteiger partial charge in [-0.1, -0.05) is 12.1 Å². The van der Waals surface area contributed by atoms with Gasteiger partial charge in [-0.3, -0.25) is 0 Å². The molecule has 0 spiro atoms. The van der Waals surface area contributed by atoms with Crippen LogP contribution in [-0.2, 0) is 6.42 Å². The molecule has 0 atom stereocenters. The Hall–Kier alpha value is -1.52. The molecule has 0 saturated heterocycles. The number of nitrogens with one attached hydrogen (secondary N) is 1. The van der Waals surface area contributed by atoms with Crippen molar-refractivity contribution in [3.05, 3.63) is 46.2 Å². The normalized spacial score (nSPS) is 10.5. The van der Waals surface area contributed by atoms with Crippen LogP contribution in [0.15, 0.2) is 35.7 Å². The van der Waals surface area contributed by atoms with Crippen LogP contribution in [-0.4, -0.2) is 26.8 Å². The topological polar surface area (TPSA) is 30.5 Å². The summed E-state index contributed by atoms with van der Waals surface area (Å²) in [4.78, 5) is 1.42. The Kier molecular flexibility index (Phi) is 5.89. The highest BCUT2D eigenvalue weighted by Crippen LogP contribution is 2.27. The fraction of sp³-hybridized carbons (Fsp3) is 0.375. The molecular formula is C16H21NO2S. The molecule has 0 bridgehead atoms. The largest absolute Gasteiger partial charge is 0.493 e. The summed E-state index contributed by atoms with van der Waals surface area (Å²) < 4.78 is 11.0. The first-order chi connectivity index (χ1) is 9.79. The predicted octanol–water partition coefficient (Wildman–Crippen LogP) is 3.28. The van der Waals surface area contributed by atoms with Crippen molar-refractivity contribution >= 4 is 11.3 Å². The van der Waals surface area contributed by atoms with E-state index in [2.05, 4.69) is 22.8 Å². The molecule has 0 aliphatic heterocycles. The van der Waals surface area contributed by atoms with Crippen LogP contribution in [0.25, 0.3) is 0 Å². The van der Waals surface area contributed by atoms with Gasteiger partial charge in [0.1, 0.15) is 6.61 Å². The van der Waals surface area contributed by atoms with E-state index < -0.39 is 0 Å². The molecule has 0 radical (unpaired) electrons. The first-order valence-corrected chi connectivity index (χ1v) is 7.68. The van der Waals surface area contributed by atoms with E-state index in [0.717, 1.165) is 31.0 Å². The number of benzene rings is 1. The third-order valence-electron chi connectivity index (χ3n) is 2.98. The van der Waals surface area contributed by atoms with E-state index in [1.54, 1.807) is 18.4 Å². The molecule has 4 heteroatoms. The Morgan fingerprint density at radius 2 is 2.05 bits per heavy atom. The third kappa shape index (κ3) is 4.54. The number of methoxy groups -OCH3 is 1. The number of rotatable bonds is 8. The van der Waals surface area contributed by atoms with Gasteiger partial charge in [0.05, 0.1) is 7.11 Å². The van der Waals surface area contributed by atoms with E-state index in [1.165, 1.54) is 10.4 Å². The lowest BCUT2D eigenvalue weighted by Crippen LogP contribution is -2.23. The average molecular weight is 291 g/mol. The number of hydrogen-bond acceptors (Lipinski definition) is 4. The molecule has 2 aromatic rings. The maximum Gasteiger partial charge on any atom is 0.161 e. The van der Waals surface area contributed by atoms with E-state index >= 15 is 0 Å². The lowest BCUT2D eigenvalue weighted by Gasteiger charge is -2.11. The van der Waals surface area contributed by atoms with Crippen LogP contribution < -0.4 is 14.8 Å². The number of aryl methyl sites for hydroxylation is 1. The van der Waals surface area contributed by atoms with E-state index in [0.29, 0.717) is 6.61 Å². The molecule has 0 saturated carbocycles. The molecule has 20 heavy (non-hydrogen) atoms. The summed E-state index contributed by atoms with van der Waals surface area (Å²) in [5, 5.41) is 5.50. The summed E-state index contributed by atoms with van der Waals surface area (Å²) in [6.45, 7) is 4.50. The monoisotopic (exact) mass is 291 g/mol. The average Bonchev–Trinajstić information content (AvgIpc) is 2.97. The first kappa shape index (κ1) is 14.9. The molecule has 108 valence electrons. The third-order valence-corrected chi connectivity index (χ3v) is 3.92. The van der Waals surface area contributed by atoms with Crippen molar-refractivity contribution in [1.29, 1.82) is 0 Å². The zero-order chi connectivity index (χ0) is 14.2. The van der Waals surface area contributed by atoms with Gasteiger partial charge >= 0.3 is 0 Å². The van der Waals surface area contributed by atoms with Crippen LogP contribution in [0.1, 0.15) is 10.4 Å². The molecule has 1 heterocycles. The fourth-order valence-electron chi connectivity index (χ4n) is 1.92. The van der Waals surface area contributed by atoms with Crippen molar-refractivity contribution in [2.75, 3.05) is 26.8 Å². The molecule has 0 aliphatic carbocycles. The minimum absolute atomic E-state index is 0.643. The fourth-order valence-corrected chi connectivity index (χ4v) is 2.63. The molecule has 3 nitrogen and oxygen atoms in total. The summed E-state index contributed by atoms with van der Waals surface area (Å²) in [5.41, 5.74) is 1.17. The standard InChI is InChI=1S/C16H21NO2S/c1-13-5-6-15(16(12-13)18-2)19-10-9-17-8-7-14-4-3-11-20-14/h3-6,11-12,17H,7-10H2,1-2H3. The van der Waals surface area contributed by atoms with Gasteiger partial charge in [0.15, 0.2) is 11.5 Å². The van der Waals surface area contributed by atoms with Crippen molar-refractivity contribution in [3.63, 3.8) is 0 Å². The Bertz CT molecular complexity index is 511. The molecule has 1 aromatic carbocycles. The second-order valence-corrected chi connectivity index (χ2v) is 5.61. The highest BCUT2D eigenvalue weighted by atomic mass is 32.1. The molecule has 0 unspecified atom stereocenters. The lowest BCUT2D eigenvalue weighted by molar-refractivity contribution is 0.292. The Morgan fingerprint density at radius 3 is 2.80 bits per heavy atom. The number of ether oxygens (including phenoxy) is 2. The first-order valence-electron chi connectivity index (χ1n) is 6.80. The summed E-state index contributed by atoms with van der Waals surface area (Å²) >= 11 is 1.80. The minimum Gasteiger partial charge on any atom is -0.493 e.